The van der Waals surface area contributed by atoms with Crippen molar-refractivity contribution in [3.8, 4) is 0 Å². The van der Waals surface area contributed by atoms with Gasteiger partial charge >= 0.3 is 5.97 Å². The number of hydrazine groups is 1. The van der Waals surface area contributed by atoms with Crippen LogP contribution in [0.5, 0.6) is 0 Å². The van der Waals surface area contributed by atoms with Crippen LogP contribution in [-0.4, -0.2) is 28.8 Å². The summed E-state index contributed by atoms with van der Waals surface area (Å²) in [5.41, 5.74) is 4.49. The van der Waals surface area contributed by atoms with Crippen LogP contribution in [0.25, 0.3) is 0 Å². The highest BCUT2D eigenvalue weighted by Gasteiger charge is 2.14. The number of aromatic carboxylic acids is 1. The molecule has 0 aliphatic heterocycles. The van der Waals surface area contributed by atoms with Gasteiger partial charge in [0, 0.05) is 6.42 Å². The molecule has 0 spiro atoms. The van der Waals surface area contributed by atoms with Crippen LogP contribution < -0.4 is 16.2 Å². The number of hydrogen-bond donors (Lipinski definition) is 4. The van der Waals surface area contributed by atoms with Crippen LogP contribution in [-0.2, 0) is 14.4 Å². The van der Waals surface area contributed by atoms with Crippen molar-refractivity contribution in [3.63, 3.8) is 0 Å². The molecule has 0 aromatic heterocycles. The maximum Gasteiger partial charge on any atom is 0.337 e. The fourth-order valence-corrected chi connectivity index (χ4v) is 2.43. The Balaban J connectivity index is 2.27. The van der Waals surface area contributed by atoms with Crippen molar-refractivity contribution in [2.45, 2.75) is 58.3 Å². The van der Waals surface area contributed by atoms with E-state index in [1.807, 2.05) is 0 Å². The third kappa shape index (κ3) is 9.39. The fourth-order valence-electron chi connectivity index (χ4n) is 2.43. The zero-order valence-corrected chi connectivity index (χ0v) is 15.5. The Kier molecular flexibility index (Phi) is 10.2. The second-order valence-electron chi connectivity index (χ2n) is 6.19. The smallest absolute Gasteiger partial charge is 0.337 e. The zero-order valence-electron chi connectivity index (χ0n) is 15.5. The Morgan fingerprint density at radius 1 is 0.852 bits per heavy atom. The fraction of sp³-hybridized carbons (Fsp3) is 0.474. The van der Waals surface area contributed by atoms with E-state index in [0.29, 0.717) is 6.42 Å². The van der Waals surface area contributed by atoms with E-state index in [4.69, 9.17) is 5.11 Å². The van der Waals surface area contributed by atoms with Gasteiger partial charge in [-0.3, -0.25) is 25.2 Å². The first-order valence-electron chi connectivity index (χ1n) is 9.14. The number of hydrogen-bond acceptors (Lipinski definition) is 4. The first-order valence-corrected chi connectivity index (χ1v) is 9.14. The Bertz CT molecular complexity index is 661. The molecule has 0 bridgehead atoms. The van der Waals surface area contributed by atoms with E-state index in [1.165, 1.54) is 31.0 Å². The summed E-state index contributed by atoms with van der Waals surface area (Å²) in [7, 11) is 0. The lowest BCUT2D eigenvalue weighted by molar-refractivity contribution is -0.131. The van der Waals surface area contributed by atoms with Crippen molar-refractivity contribution < 1.29 is 24.3 Å². The SMILES string of the molecule is CCCCCCCCC(=O)NNC(=O)CC(=O)Nc1ccccc1C(=O)O. The summed E-state index contributed by atoms with van der Waals surface area (Å²) >= 11 is 0. The van der Waals surface area contributed by atoms with Gasteiger partial charge in [-0.25, -0.2) is 4.79 Å². The highest BCUT2D eigenvalue weighted by Crippen LogP contribution is 2.15. The average molecular weight is 377 g/mol. The van der Waals surface area contributed by atoms with Gasteiger partial charge in [-0.05, 0) is 18.6 Å². The zero-order chi connectivity index (χ0) is 20.1. The van der Waals surface area contributed by atoms with E-state index < -0.39 is 24.2 Å². The van der Waals surface area contributed by atoms with Crippen molar-refractivity contribution in [3.05, 3.63) is 29.8 Å². The number of nitrogens with one attached hydrogen (secondary N) is 3. The van der Waals surface area contributed by atoms with E-state index in [2.05, 4.69) is 23.1 Å². The molecule has 1 aromatic carbocycles. The van der Waals surface area contributed by atoms with E-state index in [0.717, 1.165) is 25.7 Å². The third-order valence-corrected chi connectivity index (χ3v) is 3.85. The predicted molar refractivity (Wildman–Crippen MR) is 101 cm³/mol. The second-order valence-corrected chi connectivity index (χ2v) is 6.19. The summed E-state index contributed by atoms with van der Waals surface area (Å²) in [5, 5.41) is 11.4. The van der Waals surface area contributed by atoms with Crippen molar-refractivity contribution in [2.75, 3.05) is 5.32 Å². The van der Waals surface area contributed by atoms with Gasteiger partial charge in [-0.15, -0.1) is 0 Å². The molecular weight excluding hydrogens is 350 g/mol. The largest absolute Gasteiger partial charge is 0.478 e. The molecule has 0 saturated heterocycles. The Morgan fingerprint density at radius 3 is 2.19 bits per heavy atom. The molecule has 1 rings (SSSR count). The van der Waals surface area contributed by atoms with Crippen molar-refractivity contribution in [1.82, 2.24) is 10.9 Å². The summed E-state index contributed by atoms with van der Waals surface area (Å²) in [6, 6.07) is 5.89. The van der Waals surface area contributed by atoms with Crippen LogP contribution in [0.3, 0.4) is 0 Å². The van der Waals surface area contributed by atoms with Crippen LogP contribution in [0.1, 0.15) is 68.6 Å². The number of amides is 3. The number of anilines is 1. The summed E-state index contributed by atoms with van der Waals surface area (Å²) in [5.74, 6) is -2.85. The van der Waals surface area contributed by atoms with Crippen LogP contribution in [0.15, 0.2) is 24.3 Å². The molecule has 0 unspecified atom stereocenters. The van der Waals surface area contributed by atoms with Crippen molar-refractivity contribution in [1.29, 1.82) is 0 Å². The van der Waals surface area contributed by atoms with Crippen LogP contribution >= 0.6 is 0 Å². The number of para-hydroxylation sites is 1. The van der Waals surface area contributed by atoms with Crippen molar-refractivity contribution in [2.24, 2.45) is 0 Å². The van der Waals surface area contributed by atoms with Gasteiger partial charge in [0.15, 0.2) is 0 Å². The minimum atomic E-state index is -1.18. The van der Waals surface area contributed by atoms with Gasteiger partial charge in [-0.2, -0.15) is 0 Å². The lowest BCUT2D eigenvalue weighted by Gasteiger charge is -2.09. The number of carbonyl (C=O) groups excluding carboxylic acids is 3. The molecule has 1 aromatic rings. The van der Waals surface area contributed by atoms with E-state index in [9.17, 15) is 19.2 Å². The van der Waals surface area contributed by atoms with Gasteiger partial charge in [0.1, 0.15) is 6.42 Å². The van der Waals surface area contributed by atoms with E-state index in [-0.39, 0.29) is 17.2 Å². The Hall–Kier alpha value is -2.90. The average Bonchev–Trinajstić information content (AvgIpc) is 2.63. The molecule has 3 amide bonds. The molecular formula is C19H27N3O5. The number of carbonyl (C=O) groups is 4. The lowest BCUT2D eigenvalue weighted by Crippen LogP contribution is -2.42. The monoisotopic (exact) mass is 377 g/mol. The molecule has 0 aliphatic rings. The maximum absolute atomic E-state index is 11.9. The number of benzene rings is 1. The maximum atomic E-state index is 11.9. The molecule has 0 heterocycles. The molecule has 0 atom stereocenters. The first kappa shape index (κ1) is 22.1. The first-order chi connectivity index (χ1) is 12.9. The molecule has 0 aliphatic carbocycles. The standard InChI is InChI=1S/C19H27N3O5/c1-2-3-4-5-6-7-12-16(23)21-22-18(25)13-17(24)20-15-11-9-8-10-14(15)19(26)27/h8-11H,2-7,12-13H2,1H3,(H,20,24)(H,21,23)(H,22,25)(H,26,27). The number of rotatable bonds is 11. The quantitative estimate of drug-likeness (QED) is 0.268. The minimum Gasteiger partial charge on any atom is -0.478 e. The number of carboxylic acids is 1. The second kappa shape index (κ2) is 12.5. The minimum absolute atomic E-state index is 0.0708. The van der Waals surface area contributed by atoms with Gasteiger partial charge in [0.05, 0.1) is 11.3 Å². The summed E-state index contributed by atoms with van der Waals surface area (Å²) in [4.78, 5) is 46.3. The van der Waals surface area contributed by atoms with Crippen molar-refractivity contribution >= 4 is 29.4 Å². The topological polar surface area (TPSA) is 125 Å². The molecule has 148 valence electrons. The summed E-state index contributed by atoms with van der Waals surface area (Å²) < 4.78 is 0. The Labute approximate surface area is 158 Å². The normalized spacial score (nSPS) is 10.1. The molecule has 8 heteroatoms. The van der Waals surface area contributed by atoms with E-state index in [1.54, 1.807) is 6.07 Å². The number of carboxylic acid groups (broad SMARTS) is 1. The van der Waals surface area contributed by atoms with Gasteiger partial charge in [0.2, 0.25) is 17.7 Å². The summed E-state index contributed by atoms with van der Waals surface area (Å²) in [6.07, 6.45) is 6.10. The lowest BCUT2D eigenvalue weighted by atomic mass is 10.1. The molecule has 0 fully saturated rings. The molecule has 8 nitrogen and oxygen atoms in total. The molecule has 4 N–H and O–H groups in total. The predicted octanol–water partition coefficient (Wildman–Crippen LogP) is 2.61. The highest BCUT2D eigenvalue weighted by atomic mass is 16.4. The molecule has 27 heavy (non-hydrogen) atoms. The molecule has 0 saturated carbocycles. The summed E-state index contributed by atoms with van der Waals surface area (Å²) in [6.45, 7) is 2.14. The van der Waals surface area contributed by atoms with Gasteiger partial charge in [-0.1, -0.05) is 51.2 Å². The number of unbranched alkanes of at least 4 members (excludes halogenated alkanes) is 5. The van der Waals surface area contributed by atoms with E-state index >= 15 is 0 Å². The Morgan fingerprint density at radius 2 is 1.48 bits per heavy atom. The highest BCUT2D eigenvalue weighted by molar-refractivity contribution is 6.06. The van der Waals surface area contributed by atoms with Gasteiger partial charge < -0.3 is 10.4 Å². The van der Waals surface area contributed by atoms with Crippen LogP contribution in [0.4, 0.5) is 5.69 Å². The molecule has 0 radical (unpaired) electrons. The van der Waals surface area contributed by atoms with Gasteiger partial charge in [0.25, 0.3) is 0 Å². The van der Waals surface area contributed by atoms with Crippen LogP contribution in [0, 0.1) is 0 Å². The van der Waals surface area contributed by atoms with Crippen LogP contribution in [0.2, 0.25) is 0 Å². The third-order valence-electron chi connectivity index (χ3n) is 3.85.